The highest BCUT2D eigenvalue weighted by Gasteiger charge is 2.35. The van der Waals surface area contributed by atoms with Crippen molar-refractivity contribution in [2.24, 2.45) is 0 Å². The Morgan fingerprint density at radius 1 is 1.47 bits per heavy atom. The number of carbonyl (C=O) groups is 2. The lowest BCUT2D eigenvalue weighted by molar-refractivity contribution is -0.145. The molecule has 1 aromatic carbocycles. The van der Waals surface area contributed by atoms with E-state index in [2.05, 4.69) is 5.32 Å². The minimum Gasteiger partial charge on any atom is -0.479 e. The number of carbonyl (C=O) groups excluding carboxylic acids is 1. The molecule has 0 fully saturated rings. The summed E-state index contributed by atoms with van der Waals surface area (Å²) >= 11 is 5.81. The first kappa shape index (κ1) is 15.5. The van der Waals surface area contributed by atoms with Crippen LogP contribution in [0.4, 0.5) is 0 Å². The zero-order valence-electron chi connectivity index (χ0n) is 11.0. The number of hydrogen-bond donors (Lipinski definition) is 2. The van der Waals surface area contributed by atoms with Crippen LogP contribution in [-0.2, 0) is 9.53 Å². The highest BCUT2D eigenvalue weighted by Crippen LogP contribution is 2.16. The van der Waals surface area contributed by atoms with Gasteiger partial charge in [0, 0.05) is 17.7 Å². The van der Waals surface area contributed by atoms with Gasteiger partial charge in [0.05, 0.1) is 6.61 Å². The Morgan fingerprint density at radius 3 is 2.58 bits per heavy atom. The van der Waals surface area contributed by atoms with Crippen molar-refractivity contribution in [3.8, 4) is 0 Å². The Kier molecular flexibility index (Phi) is 4.91. The van der Waals surface area contributed by atoms with Crippen LogP contribution in [0.15, 0.2) is 18.2 Å². The summed E-state index contributed by atoms with van der Waals surface area (Å²) in [6.07, 6.45) is 0. The largest absolute Gasteiger partial charge is 0.479 e. The number of carboxylic acids is 1. The third-order valence-electron chi connectivity index (χ3n) is 2.73. The number of aryl methyl sites for hydroxylation is 1. The summed E-state index contributed by atoms with van der Waals surface area (Å²) in [5.74, 6) is -1.63. The van der Waals surface area contributed by atoms with E-state index in [1.165, 1.54) is 14.0 Å². The molecule has 1 unspecified atom stereocenters. The van der Waals surface area contributed by atoms with Gasteiger partial charge in [-0.1, -0.05) is 11.6 Å². The van der Waals surface area contributed by atoms with Crippen molar-refractivity contribution in [2.75, 3.05) is 13.7 Å². The van der Waals surface area contributed by atoms with E-state index in [1.807, 2.05) is 0 Å². The van der Waals surface area contributed by atoms with Crippen molar-refractivity contribution < 1.29 is 19.4 Å². The number of aliphatic carboxylic acids is 1. The Hall–Kier alpha value is -1.59. The summed E-state index contributed by atoms with van der Waals surface area (Å²) in [5, 5.41) is 12.1. The maximum Gasteiger partial charge on any atom is 0.331 e. The second-order valence-electron chi connectivity index (χ2n) is 4.48. The molecule has 0 aliphatic rings. The molecule has 0 aliphatic heterocycles. The number of amides is 1. The van der Waals surface area contributed by atoms with Crippen molar-refractivity contribution in [3.05, 3.63) is 34.3 Å². The number of ether oxygens (including phenoxy) is 1. The van der Waals surface area contributed by atoms with Crippen LogP contribution in [-0.4, -0.2) is 36.2 Å². The van der Waals surface area contributed by atoms with Crippen LogP contribution < -0.4 is 5.32 Å². The Morgan fingerprint density at radius 2 is 2.11 bits per heavy atom. The molecule has 0 bridgehead atoms. The standard InChI is InChI=1S/C13H16ClNO4/c1-8-6-9(14)4-5-10(8)11(16)15-13(2,7-19-3)12(17)18/h4-6H,7H2,1-3H3,(H,15,16)(H,17,18). The second-order valence-corrected chi connectivity index (χ2v) is 4.92. The average Bonchev–Trinajstić information content (AvgIpc) is 2.28. The highest BCUT2D eigenvalue weighted by atomic mass is 35.5. The zero-order chi connectivity index (χ0) is 14.6. The molecule has 0 heterocycles. The maximum absolute atomic E-state index is 12.1. The van der Waals surface area contributed by atoms with Crippen molar-refractivity contribution in [1.29, 1.82) is 0 Å². The fourth-order valence-electron chi connectivity index (χ4n) is 1.64. The SMILES string of the molecule is COCC(C)(NC(=O)c1ccc(Cl)cc1C)C(=O)O. The number of carboxylic acid groups (broad SMARTS) is 1. The summed E-state index contributed by atoms with van der Waals surface area (Å²) < 4.78 is 4.84. The van der Waals surface area contributed by atoms with Gasteiger partial charge in [-0.3, -0.25) is 4.79 Å². The predicted molar refractivity (Wildman–Crippen MR) is 71.6 cm³/mol. The van der Waals surface area contributed by atoms with Gasteiger partial charge in [-0.05, 0) is 37.6 Å². The van der Waals surface area contributed by atoms with E-state index in [-0.39, 0.29) is 6.61 Å². The van der Waals surface area contributed by atoms with E-state index >= 15 is 0 Å². The smallest absolute Gasteiger partial charge is 0.331 e. The molecule has 0 aromatic heterocycles. The number of hydrogen-bond acceptors (Lipinski definition) is 3. The summed E-state index contributed by atoms with van der Waals surface area (Å²) in [5.41, 5.74) is -0.416. The van der Waals surface area contributed by atoms with Crippen LogP contribution in [0.2, 0.25) is 5.02 Å². The van der Waals surface area contributed by atoms with Crippen LogP contribution in [0, 0.1) is 6.92 Å². The number of methoxy groups -OCH3 is 1. The van der Waals surface area contributed by atoms with E-state index in [0.717, 1.165) is 0 Å². The fraction of sp³-hybridized carbons (Fsp3) is 0.385. The van der Waals surface area contributed by atoms with E-state index in [0.29, 0.717) is 16.1 Å². The minimum atomic E-state index is -1.47. The third-order valence-corrected chi connectivity index (χ3v) is 2.96. The van der Waals surface area contributed by atoms with E-state index < -0.39 is 17.4 Å². The van der Waals surface area contributed by atoms with Crippen LogP contribution in [0.3, 0.4) is 0 Å². The molecule has 104 valence electrons. The molecular weight excluding hydrogens is 270 g/mol. The van der Waals surface area contributed by atoms with Crippen molar-refractivity contribution >= 4 is 23.5 Å². The van der Waals surface area contributed by atoms with Gasteiger partial charge in [-0.25, -0.2) is 4.79 Å². The maximum atomic E-state index is 12.1. The first-order valence-electron chi connectivity index (χ1n) is 5.61. The van der Waals surface area contributed by atoms with Gasteiger partial charge >= 0.3 is 5.97 Å². The van der Waals surface area contributed by atoms with Gasteiger partial charge < -0.3 is 15.2 Å². The fourth-order valence-corrected chi connectivity index (χ4v) is 1.87. The first-order valence-corrected chi connectivity index (χ1v) is 5.99. The average molecular weight is 286 g/mol. The molecule has 5 nitrogen and oxygen atoms in total. The number of benzene rings is 1. The molecule has 0 aliphatic carbocycles. The molecule has 1 rings (SSSR count). The molecule has 19 heavy (non-hydrogen) atoms. The summed E-state index contributed by atoms with van der Waals surface area (Å²) in [7, 11) is 1.38. The van der Waals surface area contributed by atoms with Crippen molar-refractivity contribution in [1.82, 2.24) is 5.32 Å². The van der Waals surface area contributed by atoms with Crippen LogP contribution in [0.1, 0.15) is 22.8 Å². The Labute approximate surface area is 116 Å². The van der Waals surface area contributed by atoms with Gasteiger partial charge in [0.2, 0.25) is 0 Å². The molecule has 6 heteroatoms. The van der Waals surface area contributed by atoms with Crippen LogP contribution in [0.25, 0.3) is 0 Å². The monoisotopic (exact) mass is 285 g/mol. The minimum absolute atomic E-state index is 0.124. The second kappa shape index (κ2) is 6.04. The van der Waals surface area contributed by atoms with Gasteiger partial charge in [-0.15, -0.1) is 0 Å². The predicted octanol–water partition coefficient (Wildman–Crippen LogP) is 1.87. The Bertz CT molecular complexity index is 503. The molecule has 0 saturated carbocycles. The lowest BCUT2D eigenvalue weighted by Gasteiger charge is -2.25. The molecule has 0 spiro atoms. The molecule has 2 N–H and O–H groups in total. The van der Waals surface area contributed by atoms with E-state index in [4.69, 9.17) is 21.4 Å². The van der Waals surface area contributed by atoms with Crippen molar-refractivity contribution in [3.63, 3.8) is 0 Å². The number of rotatable bonds is 5. The Balaban J connectivity index is 2.97. The first-order chi connectivity index (χ1) is 8.80. The van der Waals surface area contributed by atoms with Gasteiger partial charge in [0.25, 0.3) is 5.91 Å². The lowest BCUT2D eigenvalue weighted by atomic mass is 10.0. The molecule has 1 atom stereocenters. The molecule has 1 aromatic rings. The highest BCUT2D eigenvalue weighted by molar-refractivity contribution is 6.30. The van der Waals surface area contributed by atoms with Gasteiger partial charge in [-0.2, -0.15) is 0 Å². The number of halogens is 1. The summed E-state index contributed by atoms with van der Waals surface area (Å²) in [4.78, 5) is 23.3. The summed E-state index contributed by atoms with van der Waals surface area (Å²) in [6, 6.07) is 4.78. The summed E-state index contributed by atoms with van der Waals surface area (Å²) in [6.45, 7) is 3.00. The molecule has 0 radical (unpaired) electrons. The quantitative estimate of drug-likeness (QED) is 0.866. The molecule has 0 saturated heterocycles. The third kappa shape index (κ3) is 3.68. The molecular formula is C13H16ClNO4. The lowest BCUT2D eigenvalue weighted by Crippen LogP contribution is -2.55. The van der Waals surface area contributed by atoms with Crippen molar-refractivity contribution in [2.45, 2.75) is 19.4 Å². The zero-order valence-corrected chi connectivity index (χ0v) is 11.7. The van der Waals surface area contributed by atoms with E-state index in [9.17, 15) is 9.59 Å². The van der Waals surface area contributed by atoms with Crippen LogP contribution >= 0.6 is 11.6 Å². The topological polar surface area (TPSA) is 75.6 Å². The normalized spacial score (nSPS) is 13.7. The number of nitrogens with one attached hydrogen (secondary N) is 1. The van der Waals surface area contributed by atoms with Gasteiger partial charge in [0.15, 0.2) is 5.54 Å². The van der Waals surface area contributed by atoms with Crippen LogP contribution in [0.5, 0.6) is 0 Å². The van der Waals surface area contributed by atoms with E-state index in [1.54, 1.807) is 25.1 Å². The molecule has 1 amide bonds. The van der Waals surface area contributed by atoms with Gasteiger partial charge in [0.1, 0.15) is 0 Å².